The summed E-state index contributed by atoms with van der Waals surface area (Å²) in [6, 6.07) is 10.5. The Hall–Kier alpha value is -1.18. The van der Waals surface area contributed by atoms with E-state index in [0.29, 0.717) is 20.0 Å². The highest BCUT2D eigenvalue weighted by atomic mass is 127. The van der Waals surface area contributed by atoms with Crippen molar-refractivity contribution >= 4 is 60.9 Å². The van der Waals surface area contributed by atoms with Crippen LogP contribution < -0.4 is 11.1 Å². The number of hydrogen-bond acceptors (Lipinski definition) is 5. The number of halogens is 2. The molecule has 0 aliphatic carbocycles. The SMILES string of the molecule is CCCC[C@@H](/C=C/S(=O)(=O)c1ccccc1)NC(=O)[C@@H](N)Cc1cc(I)c(O)c(I)c1. The Morgan fingerprint density at radius 1 is 1.19 bits per heavy atom. The average Bonchev–Trinajstić information content (AvgIpc) is 2.74. The summed E-state index contributed by atoms with van der Waals surface area (Å²) < 4.78 is 26.4. The molecule has 0 saturated carbocycles. The predicted molar refractivity (Wildman–Crippen MR) is 139 cm³/mol. The van der Waals surface area contributed by atoms with E-state index in [9.17, 15) is 18.3 Å². The normalized spacial score (nSPS) is 13.8. The second-order valence-corrected chi connectivity index (χ2v) is 11.3. The number of nitrogens with two attached hydrogens (primary N) is 1. The maximum Gasteiger partial charge on any atom is 0.237 e. The van der Waals surface area contributed by atoms with Crippen LogP contribution in [0.25, 0.3) is 0 Å². The number of hydrogen-bond donors (Lipinski definition) is 3. The molecule has 168 valence electrons. The van der Waals surface area contributed by atoms with E-state index >= 15 is 0 Å². The molecule has 0 saturated heterocycles. The molecule has 0 spiro atoms. The van der Waals surface area contributed by atoms with Gasteiger partial charge in [-0.3, -0.25) is 4.79 Å². The van der Waals surface area contributed by atoms with Crippen LogP contribution in [-0.4, -0.2) is 31.5 Å². The van der Waals surface area contributed by atoms with E-state index in [2.05, 4.69) is 5.32 Å². The molecule has 2 aromatic rings. The zero-order chi connectivity index (χ0) is 23.0. The Kier molecular flexibility index (Phi) is 10.2. The number of carbonyl (C=O) groups excluding carboxylic acids is 1. The highest BCUT2D eigenvalue weighted by molar-refractivity contribution is 14.1. The molecule has 9 heteroatoms. The minimum absolute atomic E-state index is 0.208. The summed E-state index contributed by atoms with van der Waals surface area (Å²) in [7, 11) is -3.59. The molecule has 31 heavy (non-hydrogen) atoms. The van der Waals surface area contributed by atoms with Crippen LogP contribution in [0.5, 0.6) is 5.75 Å². The first-order valence-corrected chi connectivity index (χ1v) is 13.6. The van der Waals surface area contributed by atoms with Crippen LogP contribution in [0.2, 0.25) is 0 Å². The van der Waals surface area contributed by atoms with Crippen molar-refractivity contribution in [2.45, 2.75) is 49.6 Å². The molecule has 0 unspecified atom stereocenters. The summed E-state index contributed by atoms with van der Waals surface area (Å²) in [5.41, 5.74) is 6.96. The zero-order valence-corrected chi connectivity index (χ0v) is 22.2. The monoisotopic (exact) mass is 668 g/mol. The average molecular weight is 668 g/mol. The van der Waals surface area contributed by atoms with Gasteiger partial charge in [0.25, 0.3) is 0 Å². The molecular formula is C22H26I2N2O4S. The van der Waals surface area contributed by atoms with Crippen molar-refractivity contribution in [3.8, 4) is 5.75 Å². The molecule has 0 aromatic heterocycles. The first kappa shape index (κ1) is 26.1. The topological polar surface area (TPSA) is 109 Å². The smallest absolute Gasteiger partial charge is 0.237 e. The van der Waals surface area contributed by atoms with Crippen LogP contribution in [-0.2, 0) is 21.1 Å². The van der Waals surface area contributed by atoms with Gasteiger partial charge in [-0.2, -0.15) is 0 Å². The number of phenolic OH excluding ortho intramolecular Hbond substituents is 1. The predicted octanol–water partition coefficient (Wildman–Crippen LogP) is 4.13. The molecule has 0 bridgehead atoms. The van der Waals surface area contributed by atoms with Gasteiger partial charge in [-0.25, -0.2) is 8.42 Å². The molecular weight excluding hydrogens is 642 g/mol. The van der Waals surface area contributed by atoms with E-state index in [0.717, 1.165) is 23.8 Å². The Labute approximate surface area is 210 Å². The van der Waals surface area contributed by atoms with Gasteiger partial charge in [0.2, 0.25) is 5.91 Å². The lowest BCUT2D eigenvalue weighted by atomic mass is 10.0. The van der Waals surface area contributed by atoms with Gasteiger partial charge in [0.05, 0.1) is 18.1 Å². The highest BCUT2D eigenvalue weighted by Gasteiger charge is 2.19. The van der Waals surface area contributed by atoms with Crippen LogP contribution in [0.15, 0.2) is 58.8 Å². The number of rotatable bonds is 10. The molecule has 2 aromatic carbocycles. The van der Waals surface area contributed by atoms with Gasteiger partial charge in [-0.05, 0) is 87.9 Å². The fourth-order valence-electron chi connectivity index (χ4n) is 2.90. The van der Waals surface area contributed by atoms with Crippen molar-refractivity contribution in [2.75, 3.05) is 0 Å². The fraction of sp³-hybridized carbons (Fsp3) is 0.318. The number of aromatic hydroxyl groups is 1. The Bertz CT molecular complexity index is 1000. The molecule has 0 aliphatic rings. The lowest BCUT2D eigenvalue weighted by molar-refractivity contribution is -0.122. The molecule has 2 rings (SSSR count). The van der Waals surface area contributed by atoms with Crippen molar-refractivity contribution < 1.29 is 18.3 Å². The summed E-state index contributed by atoms with van der Waals surface area (Å²) in [5, 5.41) is 13.9. The largest absolute Gasteiger partial charge is 0.506 e. The second kappa shape index (κ2) is 12.2. The molecule has 0 aliphatic heterocycles. The number of nitrogens with one attached hydrogen (secondary N) is 1. The van der Waals surface area contributed by atoms with E-state index in [-0.39, 0.29) is 16.6 Å². The van der Waals surface area contributed by atoms with Crippen molar-refractivity contribution in [1.82, 2.24) is 5.32 Å². The van der Waals surface area contributed by atoms with Gasteiger partial charge >= 0.3 is 0 Å². The third-order valence-electron chi connectivity index (χ3n) is 4.63. The Morgan fingerprint density at radius 3 is 2.39 bits per heavy atom. The number of amides is 1. The summed E-state index contributed by atoms with van der Waals surface area (Å²) in [6.07, 6.45) is 4.21. The minimum atomic E-state index is -3.59. The summed E-state index contributed by atoms with van der Waals surface area (Å²) in [6.45, 7) is 2.03. The number of unbranched alkanes of at least 4 members (excludes halogenated alkanes) is 1. The molecule has 6 nitrogen and oxygen atoms in total. The first-order valence-electron chi connectivity index (χ1n) is 9.85. The number of carbonyl (C=O) groups is 1. The van der Waals surface area contributed by atoms with E-state index in [1.54, 1.807) is 30.3 Å². The van der Waals surface area contributed by atoms with Gasteiger partial charge in [0, 0.05) is 11.4 Å². The van der Waals surface area contributed by atoms with Crippen LogP contribution in [0.3, 0.4) is 0 Å². The van der Waals surface area contributed by atoms with Crippen molar-refractivity contribution in [3.05, 3.63) is 66.7 Å². The minimum Gasteiger partial charge on any atom is -0.506 e. The summed E-state index contributed by atoms with van der Waals surface area (Å²) in [5.74, 6) is -0.131. The van der Waals surface area contributed by atoms with Crippen LogP contribution in [0, 0.1) is 7.14 Å². The van der Waals surface area contributed by atoms with Crippen LogP contribution in [0.1, 0.15) is 31.7 Å². The number of sulfone groups is 1. The summed E-state index contributed by atoms with van der Waals surface area (Å²) >= 11 is 4.07. The van der Waals surface area contributed by atoms with E-state index in [4.69, 9.17) is 5.73 Å². The Balaban J connectivity index is 2.09. The van der Waals surface area contributed by atoms with E-state index in [1.165, 1.54) is 18.2 Å². The quantitative estimate of drug-likeness (QED) is 0.330. The van der Waals surface area contributed by atoms with Gasteiger partial charge in [-0.15, -0.1) is 0 Å². The maximum absolute atomic E-state index is 12.7. The van der Waals surface area contributed by atoms with Gasteiger partial charge < -0.3 is 16.2 Å². The van der Waals surface area contributed by atoms with E-state index in [1.807, 2.05) is 52.1 Å². The standard InChI is InChI=1S/C22H26I2N2O4S/c1-2-3-7-16(10-11-31(29,30)17-8-5-4-6-9-17)26-22(28)20(25)14-15-12-18(23)21(27)19(24)13-15/h4-6,8-13,16,20,27H,2-3,7,14,25H2,1H3,(H,26,28)/b11-10+/t16-,20-/m0/s1. The third-order valence-corrected chi connectivity index (χ3v) is 7.72. The maximum atomic E-state index is 12.7. The van der Waals surface area contributed by atoms with Gasteiger partial charge in [0.1, 0.15) is 5.75 Å². The van der Waals surface area contributed by atoms with Crippen molar-refractivity contribution in [2.24, 2.45) is 5.73 Å². The summed E-state index contributed by atoms with van der Waals surface area (Å²) in [4.78, 5) is 12.9. The fourth-order valence-corrected chi connectivity index (χ4v) is 5.89. The molecule has 2 atom stereocenters. The molecule has 0 fully saturated rings. The van der Waals surface area contributed by atoms with Crippen molar-refractivity contribution in [3.63, 3.8) is 0 Å². The second-order valence-electron chi connectivity index (χ2n) is 7.16. The molecule has 0 heterocycles. The van der Waals surface area contributed by atoms with Gasteiger partial charge in [-0.1, -0.05) is 44.0 Å². The van der Waals surface area contributed by atoms with Gasteiger partial charge in [0.15, 0.2) is 9.84 Å². The number of benzene rings is 2. The molecule has 0 radical (unpaired) electrons. The first-order chi connectivity index (χ1) is 14.6. The lowest BCUT2D eigenvalue weighted by Gasteiger charge is -2.19. The molecule has 1 amide bonds. The lowest BCUT2D eigenvalue weighted by Crippen LogP contribution is -2.46. The number of phenols is 1. The van der Waals surface area contributed by atoms with Crippen LogP contribution in [0.4, 0.5) is 0 Å². The third kappa shape index (κ3) is 8.03. The van der Waals surface area contributed by atoms with Crippen molar-refractivity contribution in [1.29, 1.82) is 0 Å². The zero-order valence-electron chi connectivity index (χ0n) is 17.1. The van der Waals surface area contributed by atoms with Crippen LogP contribution >= 0.6 is 45.2 Å². The highest BCUT2D eigenvalue weighted by Crippen LogP contribution is 2.27. The Morgan fingerprint density at radius 2 is 1.81 bits per heavy atom. The molecule has 4 N–H and O–H groups in total. The van der Waals surface area contributed by atoms with E-state index < -0.39 is 21.9 Å².